The van der Waals surface area contributed by atoms with Crippen LogP contribution in [0.25, 0.3) is 20.7 Å². The molecule has 0 aliphatic heterocycles. The number of nitrogens with zero attached hydrogens (tertiary/aromatic N) is 1. The Kier molecular flexibility index (Phi) is 2.46. The van der Waals surface area contributed by atoms with Crippen LogP contribution in [0.3, 0.4) is 0 Å². The van der Waals surface area contributed by atoms with Gasteiger partial charge in [0.1, 0.15) is 0 Å². The van der Waals surface area contributed by atoms with Gasteiger partial charge in [0.05, 0.1) is 17.1 Å². The molecule has 1 unspecified atom stereocenters. The lowest BCUT2D eigenvalue weighted by Crippen LogP contribution is -2.04. The molecule has 2 heterocycles. The van der Waals surface area contributed by atoms with Gasteiger partial charge in [-0.2, -0.15) is 0 Å². The van der Waals surface area contributed by atoms with E-state index in [9.17, 15) is 0 Å². The summed E-state index contributed by atoms with van der Waals surface area (Å²) in [6.45, 7) is 1.86. The highest BCUT2D eigenvalue weighted by molar-refractivity contribution is 7.22. The van der Waals surface area contributed by atoms with E-state index in [1.807, 2.05) is 19.1 Å². The Bertz CT molecular complexity index is 621. The van der Waals surface area contributed by atoms with Gasteiger partial charge in [0.15, 0.2) is 5.76 Å². The van der Waals surface area contributed by atoms with Crippen molar-refractivity contribution < 1.29 is 4.42 Å². The van der Waals surface area contributed by atoms with Crippen LogP contribution in [-0.4, -0.2) is 4.98 Å². The van der Waals surface area contributed by atoms with Gasteiger partial charge in [-0.1, -0.05) is 18.2 Å². The molecule has 1 atom stereocenters. The van der Waals surface area contributed by atoms with Crippen molar-refractivity contribution in [2.75, 3.05) is 0 Å². The zero-order chi connectivity index (χ0) is 11.8. The highest BCUT2D eigenvalue weighted by Gasteiger charge is 2.11. The number of benzene rings is 1. The zero-order valence-electron chi connectivity index (χ0n) is 9.38. The van der Waals surface area contributed by atoms with Crippen LogP contribution in [-0.2, 0) is 0 Å². The predicted octanol–water partition coefficient (Wildman–Crippen LogP) is 3.58. The van der Waals surface area contributed by atoms with Crippen LogP contribution >= 0.6 is 11.3 Å². The van der Waals surface area contributed by atoms with Crippen molar-refractivity contribution in [1.82, 2.24) is 4.98 Å². The second-order valence-electron chi connectivity index (χ2n) is 4.00. The number of nitrogens with two attached hydrogens (primary N) is 1. The molecular formula is C13H12N2OS. The summed E-state index contributed by atoms with van der Waals surface area (Å²) >= 11 is 1.70. The number of hydrogen-bond acceptors (Lipinski definition) is 4. The summed E-state index contributed by atoms with van der Waals surface area (Å²) in [5.74, 6) is 1.37. The molecule has 2 aromatic heterocycles. The van der Waals surface area contributed by atoms with Crippen molar-refractivity contribution in [2.45, 2.75) is 13.0 Å². The van der Waals surface area contributed by atoms with Crippen LogP contribution in [0.2, 0.25) is 0 Å². The summed E-state index contributed by atoms with van der Waals surface area (Å²) in [7, 11) is 0. The lowest BCUT2D eigenvalue weighted by molar-refractivity contribution is 0.474. The van der Waals surface area contributed by atoms with Crippen molar-refractivity contribution in [3.63, 3.8) is 0 Å². The van der Waals surface area contributed by atoms with Gasteiger partial charge in [-0.3, -0.25) is 0 Å². The van der Waals surface area contributed by atoms with Crippen molar-refractivity contribution in [3.8, 4) is 10.6 Å². The summed E-state index contributed by atoms with van der Waals surface area (Å²) in [6.07, 6.45) is 1.74. The predicted molar refractivity (Wildman–Crippen MR) is 69.9 cm³/mol. The maximum Gasteiger partial charge on any atom is 0.211 e. The second kappa shape index (κ2) is 3.98. The number of fused-ring (bicyclic) bond motifs is 1. The van der Waals surface area contributed by atoms with Gasteiger partial charge in [0, 0.05) is 4.70 Å². The van der Waals surface area contributed by atoms with E-state index in [4.69, 9.17) is 10.2 Å². The van der Waals surface area contributed by atoms with Gasteiger partial charge in [-0.15, -0.1) is 11.3 Å². The molecule has 0 bridgehead atoms. The molecule has 0 aliphatic rings. The standard InChI is InChI=1S/C13H12N2OS/c1-8(14)13-15-7-10(16-13)12-6-9-4-2-3-5-11(9)17-12/h2-8H,14H2,1H3. The summed E-state index contributed by atoms with van der Waals surface area (Å²) in [4.78, 5) is 5.27. The number of thiophene rings is 1. The number of hydrogen-bond donors (Lipinski definition) is 1. The monoisotopic (exact) mass is 244 g/mol. The average molecular weight is 244 g/mol. The Hall–Kier alpha value is -1.65. The molecule has 4 heteroatoms. The first-order chi connectivity index (χ1) is 8.24. The van der Waals surface area contributed by atoms with Gasteiger partial charge in [0.2, 0.25) is 5.89 Å². The van der Waals surface area contributed by atoms with Crippen molar-refractivity contribution >= 4 is 21.4 Å². The molecule has 0 amide bonds. The third-order valence-corrected chi connectivity index (χ3v) is 3.71. The lowest BCUT2D eigenvalue weighted by Gasteiger charge is -1.95. The lowest BCUT2D eigenvalue weighted by atomic mass is 10.2. The SMILES string of the molecule is CC(N)c1ncc(-c2cc3ccccc3s2)o1. The fraction of sp³-hybridized carbons (Fsp3) is 0.154. The summed E-state index contributed by atoms with van der Waals surface area (Å²) in [6, 6.07) is 10.2. The first-order valence-electron chi connectivity index (χ1n) is 5.44. The maximum atomic E-state index is 5.73. The van der Waals surface area contributed by atoms with Crippen LogP contribution in [0.4, 0.5) is 0 Å². The Balaban J connectivity index is 2.07. The third-order valence-electron chi connectivity index (χ3n) is 2.58. The quantitative estimate of drug-likeness (QED) is 0.749. The van der Waals surface area contributed by atoms with E-state index in [0.717, 1.165) is 10.6 Å². The summed E-state index contributed by atoms with van der Waals surface area (Å²) in [5.41, 5.74) is 5.73. The van der Waals surface area contributed by atoms with E-state index in [1.165, 1.54) is 10.1 Å². The first-order valence-corrected chi connectivity index (χ1v) is 6.26. The van der Waals surface area contributed by atoms with Gasteiger partial charge in [0.25, 0.3) is 0 Å². The molecule has 17 heavy (non-hydrogen) atoms. The molecule has 0 aliphatic carbocycles. The molecule has 0 radical (unpaired) electrons. The Morgan fingerprint density at radius 1 is 1.35 bits per heavy atom. The summed E-state index contributed by atoms with van der Waals surface area (Å²) in [5, 5.41) is 1.23. The fourth-order valence-corrected chi connectivity index (χ4v) is 2.72. The molecule has 86 valence electrons. The van der Waals surface area contributed by atoms with Crippen LogP contribution in [0, 0.1) is 0 Å². The molecule has 2 N–H and O–H groups in total. The maximum absolute atomic E-state index is 5.73. The van der Waals surface area contributed by atoms with Gasteiger partial charge in [-0.05, 0) is 24.4 Å². The topological polar surface area (TPSA) is 52.0 Å². The molecule has 1 aromatic carbocycles. The number of oxazole rings is 1. The minimum absolute atomic E-state index is 0.168. The molecule has 3 rings (SSSR count). The Morgan fingerprint density at radius 3 is 2.88 bits per heavy atom. The van der Waals surface area contributed by atoms with Crippen molar-refractivity contribution in [1.29, 1.82) is 0 Å². The smallest absolute Gasteiger partial charge is 0.211 e. The zero-order valence-corrected chi connectivity index (χ0v) is 10.2. The van der Waals surface area contributed by atoms with Crippen LogP contribution < -0.4 is 5.73 Å². The molecule has 0 spiro atoms. The molecule has 0 fully saturated rings. The van der Waals surface area contributed by atoms with E-state index in [2.05, 4.69) is 23.2 Å². The number of aromatic nitrogens is 1. The molecule has 0 saturated heterocycles. The average Bonchev–Trinajstić information content (AvgIpc) is 2.95. The Morgan fingerprint density at radius 2 is 2.18 bits per heavy atom. The van der Waals surface area contributed by atoms with Gasteiger partial charge >= 0.3 is 0 Å². The van der Waals surface area contributed by atoms with Crippen LogP contribution in [0.5, 0.6) is 0 Å². The minimum Gasteiger partial charge on any atom is -0.438 e. The van der Waals surface area contributed by atoms with Crippen LogP contribution in [0.1, 0.15) is 18.9 Å². The first kappa shape index (κ1) is 10.5. The van der Waals surface area contributed by atoms with E-state index in [1.54, 1.807) is 17.5 Å². The number of rotatable bonds is 2. The Labute approximate surface area is 103 Å². The highest BCUT2D eigenvalue weighted by atomic mass is 32.1. The van der Waals surface area contributed by atoms with Crippen molar-refractivity contribution in [2.24, 2.45) is 5.73 Å². The van der Waals surface area contributed by atoms with Gasteiger partial charge in [-0.25, -0.2) is 4.98 Å². The van der Waals surface area contributed by atoms with Crippen molar-refractivity contribution in [3.05, 3.63) is 42.4 Å². The van der Waals surface area contributed by atoms with E-state index < -0.39 is 0 Å². The second-order valence-corrected chi connectivity index (χ2v) is 5.08. The van der Waals surface area contributed by atoms with Gasteiger partial charge < -0.3 is 10.2 Å². The van der Waals surface area contributed by atoms with E-state index >= 15 is 0 Å². The van der Waals surface area contributed by atoms with E-state index in [-0.39, 0.29) is 6.04 Å². The normalized spacial score (nSPS) is 13.1. The van der Waals surface area contributed by atoms with Crippen LogP contribution in [0.15, 0.2) is 40.9 Å². The fourth-order valence-electron chi connectivity index (χ4n) is 1.72. The molecule has 3 nitrogen and oxygen atoms in total. The summed E-state index contributed by atoms with van der Waals surface area (Å²) < 4.78 is 6.89. The minimum atomic E-state index is -0.168. The molecule has 0 saturated carbocycles. The third kappa shape index (κ3) is 1.85. The molecular weight excluding hydrogens is 232 g/mol. The van der Waals surface area contributed by atoms with E-state index in [0.29, 0.717) is 5.89 Å². The molecule has 3 aromatic rings. The largest absolute Gasteiger partial charge is 0.438 e. The highest BCUT2D eigenvalue weighted by Crippen LogP contribution is 2.34.